The Kier molecular flexibility index (Phi) is 2.84. The number of rotatable bonds is 1. The lowest BCUT2D eigenvalue weighted by Crippen LogP contribution is -2.41. The number of imidazole rings is 1. The van der Waals surface area contributed by atoms with E-state index in [2.05, 4.69) is 9.97 Å². The minimum absolute atomic E-state index is 0.229. The first kappa shape index (κ1) is 14.5. The van der Waals surface area contributed by atoms with Crippen LogP contribution >= 0.6 is 0 Å². The summed E-state index contributed by atoms with van der Waals surface area (Å²) in [6, 6.07) is 9.98. The summed E-state index contributed by atoms with van der Waals surface area (Å²) < 4.78 is 12.4. The second-order valence-corrected chi connectivity index (χ2v) is 7.10. The zero-order chi connectivity index (χ0) is 16.4. The highest BCUT2D eigenvalue weighted by atomic mass is 16.7. The van der Waals surface area contributed by atoms with Crippen LogP contribution in [-0.2, 0) is 9.31 Å². The minimum Gasteiger partial charge on any atom is -0.399 e. The van der Waals surface area contributed by atoms with Gasteiger partial charge in [-0.1, -0.05) is 24.3 Å². The minimum atomic E-state index is -0.528. The van der Waals surface area contributed by atoms with Crippen LogP contribution in [0.2, 0.25) is 0 Å². The molecule has 0 aliphatic carbocycles. The molecule has 6 heteroatoms. The maximum atomic E-state index is 11.8. The Morgan fingerprint density at radius 1 is 1.00 bits per heavy atom. The Hall–Kier alpha value is -2.05. The van der Waals surface area contributed by atoms with Crippen LogP contribution in [0.3, 0.4) is 0 Å². The highest BCUT2D eigenvalue weighted by molar-refractivity contribution is 6.68. The van der Waals surface area contributed by atoms with E-state index in [0.717, 1.165) is 27.3 Å². The van der Waals surface area contributed by atoms with Crippen LogP contribution < -0.4 is 11.2 Å². The van der Waals surface area contributed by atoms with Crippen molar-refractivity contribution in [3.63, 3.8) is 0 Å². The van der Waals surface area contributed by atoms with Crippen LogP contribution in [0.25, 0.3) is 21.8 Å². The van der Waals surface area contributed by atoms with Crippen LogP contribution in [0.1, 0.15) is 27.7 Å². The van der Waals surface area contributed by atoms with Crippen LogP contribution in [0.15, 0.2) is 35.1 Å². The zero-order valence-corrected chi connectivity index (χ0v) is 13.7. The van der Waals surface area contributed by atoms with E-state index >= 15 is 0 Å². The lowest BCUT2D eigenvalue weighted by Gasteiger charge is -2.32. The second-order valence-electron chi connectivity index (χ2n) is 7.10. The highest BCUT2D eigenvalue weighted by Gasteiger charge is 2.52. The van der Waals surface area contributed by atoms with Crippen molar-refractivity contribution in [2.75, 3.05) is 0 Å². The predicted molar refractivity (Wildman–Crippen MR) is 92.1 cm³/mol. The fourth-order valence-electron chi connectivity index (χ4n) is 3.08. The lowest BCUT2D eigenvalue weighted by molar-refractivity contribution is 0.00578. The number of nitrogens with one attached hydrogen (secondary N) is 2. The van der Waals surface area contributed by atoms with Gasteiger partial charge in [0, 0.05) is 5.46 Å². The molecule has 3 aromatic rings. The van der Waals surface area contributed by atoms with Crippen molar-refractivity contribution in [2.24, 2.45) is 0 Å². The average Bonchev–Trinajstić information content (AvgIpc) is 2.91. The molecule has 2 heterocycles. The Morgan fingerprint density at radius 2 is 1.65 bits per heavy atom. The highest BCUT2D eigenvalue weighted by Crippen LogP contribution is 2.37. The summed E-state index contributed by atoms with van der Waals surface area (Å²) in [6.45, 7) is 8.09. The van der Waals surface area contributed by atoms with Crippen molar-refractivity contribution in [2.45, 2.75) is 38.9 Å². The third-order valence-electron chi connectivity index (χ3n) is 5.07. The SMILES string of the molecule is CC1(C)OB(c2c3ccccc3cc3[nH]c(=O)[nH]c23)OC1(C)C. The van der Waals surface area contributed by atoms with E-state index in [4.69, 9.17) is 9.31 Å². The normalized spacial score (nSPS) is 19.7. The second kappa shape index (κ2) is 4.49. The number of aromatic nitrogens is 2. The lowest BCUT2D eigenvalue weighted by atomic mass is 9.75. The molecule has 1 saturated heterocycles. The molecule has 1 fully saturated rings. The number of H-pyrrole nitrogens is 2. The van der Waals surface area contributed by atoms with E-state index < -0.39 is 18.3 Å². The van der Waals surface area contributed by atoms with E-state index in [0.29, 0.717) is 0 Å². The van der Waals surface area contributed by atoms with Crippen LogP contribution in [0.4, 0.5) is 0 Å². The van der Waals surface area contributed by atoms with Crippen LogP contribution in [0, 0.1) is 0 Å². The quantitative estimate of drug-likeness (QED) is 0.678. The van der Waals surface area contributed by atoms with Gasteiger partial charge in [0.1, 0.15) is 0 Å². The van der Waals surface area contributed by atoms with Crippen LogP contribution in [0.5, 0.6) is 0 Å². The molecule has 0 unspecified atom stereocenters. The molecule has 1 aliphatic heterocycles. The summed E-state index contributed by atoms with van der Waals surface area (Å²) in [5.41, 5.74) is 1.28. The third kappa shape index (κ3) is 2.05. The van der Waals surface area contributed by atoms with E-state index in [1.807, 2.05) is 58.0 Å². The molecule has 1 aromatic heterocycles. The summed E-state index contributed by atoms with van der Waals surface area (Å²) in [5, 5.41) is 2.06. The summed E-state index contributed by atoms with van der Waals surface area (Å²) in [4.78, 5) is 17.5. The molecule has 2 aromatic carbocycles. The van der Waals surface area contributed by atoms with Gasteiger partial charge in [0.05, 0.1) is 22.2 Å². The van der Waals surface area contributed by atoms with E-state index in [-0.39, 0.29) is 5.69 Å². The average molecular weight is 310 g/mol. The van der Waals surface area contributed by atoms with Crippen molar-refractivity contribution >= 4 is 34.4 Å². The number of hydrogen-bond acceptors (Lipinski definition) is 3. The number of fused-ring (bicyclic) bond motifs is 2. The molecule has 1 aliphatic rings. The van der Waals surface area contributed by atoms with E-state index in [9.17, 15) is 4.79 Å². The summed E-state index contributed by atoms with van der Waals surface area (Å²) in [5.74, 6) is 0. The molecule has 0 radical (unpaired) electrons. The van der Waals surface area contributed by atoms with E-state index in [1.165, 1.54) is 0 Å². The van der Waals surface area contributed by atoms with Gasteiger partial charge in [-0.05, 0) is 44.5 Å². The van der Waals surface area contributed by atoms with Gasteiger partial charge in [-0.2, -0.15) is 0 Å². The largest absolute Gasteiger partial charge is 0.497 e. The maximum Gasteiger partial charge on any atom is 0.497 e. The van der Waals surface area contributed by atoms with Gasteiger partial charge in [0.25, 0.3) is 0 Å². The first-order valence-corrected chi connectivity index (χ1v) is 7.78. The van der Waals surface area contributed by atoms with E-state index in [1.54, 1.807) is 0 Å². The van der Waals surface area contributed by atoms with Gasteiger partial charge in [-0.3, -0.25) is 0 Å². The van der Waals surface area contributed by atoms with Crippen molar-refractivity contribution in [3.8, 4) is 0 Å². The summed E-state index contributed by atoms with van der Waals surface area (Å²) in [7, 11) is -0.528. The van der Waals surface area contributed by atoms with Gasteiger partial charge in [0.2, 0.25) is 0 Å². The van der Waals surface area contributed by atoms with Gasteiger partial charge in [0.15, 0.2) is 0 Å². The predicted octanol–water partition coefficient (Wildman–Crippen LogP) is 2.31. The van der Waals surface area contributed by atoms with Crippen molar-refractivity contribution in [3.05, 3.63) is 40.8 Å². The van der Waals surface area contributed by atoms with Crippen molar-refractivity contribution in [1.82, 2.24) is 9.97 Å². The number of aromatic amines is 2. The van der Waals surface area contributed by atoms with Gasteiger partial charge >= 0.3 is 12.8 Å². The molecule has 5 nitrogen and oxygen atoms in total. The topological polar surface area (TPSA) is 67.1 Å². The Morgan fingerprint density at radius 3 is 2.35 bits per heavy atom. The monoisotopic (exact) mass is 310 g/mol. The summed E-state index contributed by atoms with van der Waals surface area (Å²) >= 11 is 0. The van der Waals surface area contributed by atoms with Crippen molar-refractivity contribution < 1.29 is 9.31 Å². The van der Waals surface area contributed by atoms with Gasteiger partial charge < -0.3 is 19.3 Å². The molecule has 0 atom stereocenters. The standard InChI is InChI=1S/C17H19BN2O3/c1-16(2)17(3,4)23-18(22-16)13-11-8-6-5-7-10(11)9-12-14(13)20-15(21)19-12/h5-9H,1-4H3,(H2,19,20,21). The van der Waals surface area contributed by atoms with Gasteiger partial charge in [-0.15, -0.1) is 0 Å². The Labute approximate surface area is 134 Å². The first-order valence-electron chi connectivity index (χ1n) is 7.78. The smallest absolute Gasteiger partial charge is 0.399 e. The summed E-state index contributed by atoms with van der Waals surface area (Å²) in [6.07, 6.45) is 0. The maximum absolute atomic E-state index is 11.8. The Bertz CT molecular complexity index is 955. The molecule has 0 spiro atoms. The molecule has 2 N–H and O–H groups in total. The fourth-order valence-corrected chi connectivity index (χ4v) is 3.08. The molecule has 0 amide bonds. The first-order chi connectivity index (χ1) is 10.8. The molecule has 0 saturated carbocycles. The Balaban J connectivity index is 2.03. The fraction of sp³-hybridized carbons (Fsp3) is 0.353. The number of hydrogen-bond donors (Lipinski definition) is 2. The molecule has 23 heavy (non-hydrogen) atoms. The molecule has 4 rings (SSSR count). The molecular formula is C17H19BN2O3. The van der Waals surface area contributed by atoms with Crippen LogP contribution in [-0.4, -0.2) is 28.3 Å². The zero-order valence-electron chi connectivity index (χ0n) is 13.7. The number of benzene rings is 2. The third-order valence-corrected chi connectivity index (χ3v) is 5.07. The van der Waals surface area contributed by atoms with Crippen molar-refractivity contribution in [1.29, 1.82) is 0 Å². The van der Waals surface area contributed by atoms with Gasteiger partial charge in [-0.25, -0.2) is 4.79 Å². The molecular weight excluding hydrogens is 291 g/mol. The molecule has 0 bridgehead atoms. The molecule has 118 valence electrons.